The van der Waals surface area contributed by atoms with E-state index in [0.717, 1.165) is 5.56 Å². The molecule has 0 fully saturated rings. The van der Waals surface area contributed by atoms with Gasteiger partial charge in [-0.05, 0) is 12.5 Å². The molecule has 0 aliphatic rings. The Labute approximate surface area is 72.1 Å². The van der Waals surface area contributed by atoms with Crippen molar-refractivity contribution in [1.82, 2.24) is 5.32 Å². The van der Waals surface area contributed by atoms with Crippen molar-refractivity contribution in [1.29, 1.82) is 5.41 Å². The fourth-order valence-electron chi connectivity index (χ4n) is 1.06. The van der Waals surface area contributed by atoms with Gasteiger partial charge in [0.25, 0.3) is 0 Å². The van der Waals surface area contributed by atoms with Gasteiger partial charge < -0.3 is 11.1 Å². The minimum Gasteiger partial charge on any atom is -0.370 e. The molecule has 0 aliphatic heterocycles. The summed E-state index contributed by atoms with van der Waals surface area (Å²) in [6.45, 7) is 1.97. The summed E-state index contributed by atoms with van der Waals surface area (Å²) in [7, 11) is 0. The van der Waals surface area contributed by atoms with Gasteiger partial charge in [0.2, 0.25) is 0 Å². The summed E-state index contributed by atoms with van der Waals surface area (Å²) in [4.78, 5) is 0. The monoisotopic (exact) mass is 163 g/mol. The lowest BCUT2D eigenvalue weighted by Crippen LogP contribution is -2.32. The van der Waals surface area contributed by atoms with E-state index in [1.165, 1.54) is 0 Å². The maximum absolute atomic E-state index is 7.04. The number of guanidine groups is 1. The van der Waals surface area contributed by atoms with Gasteiger partial charge in [-0.1, -0.05) is 30.3 Å². The van der Waals surface area contributed by atoms with Crippen LogP contribution in [0.4, 0.5) is 0 Å². The van der Waals surface area contributed by atoms with Crippen molar-refractivity contribution >= 4 is 5.96 Å². The molecule has 0 aromatic heterocycles. The van der Waals surface area contributed by atoms with Crippen LogP contribution in [0.15, 0.2) is 30.3 Å². The van der Waals surface area contributed by atoms with Crippen LogP contribution in [0, 0.1) is 5.41 Å². The van der Waals surface area contributed by atoms with Crippen molar-refractivity contribution in [2.75, 3.05) is 0 Å². The third kappa shape index (κ3) is 2.27. The number of benzene rings is 1. The average Bonchev–Trinajstić information content (AvgIpc) is 2.05. The molecule has 0 unspecified atom stereocenters. The first kappa shape index (κ1) is 8.59. The van der Waals surface area contributed by atoms with Gasteiger partial charge in [0.05, 0.1) is 6.04 Å². The van der Waals surface area contributed by atoms with Gasteiger partial charge in [-0.25, -0.2) is 0 Å². The number of hydrogen-bond donors (Lipinski definition) is 3. The van der Waals surface area contributed by atoms with Gasteiger partial charge in [-0.3, -0.25) is 5.41 Å². The zero-order valence-corrected chi connectivity index (χ0v) is 7.04. The number of rotatable bonds is 2. The lowest BCUT2D eigenvalue weighted by molar-refractivity contribution is 0.709. The smallest absolute Gasteiger partial charge is 0.186 e. The summed E-state index contributed by atoms with van der Waals surface area (Å²) < 4.78 is 0. The Morgan fingerprint density at radius 1 is 1.42 bits per heavy atom. The fourth-order valence-corrected chi connectivity index (χ4v) is 1.06. The zero-order chi connectivity index (χ0) is 8.97. The van der Waals surface area contributed by atoms with Gasteiger partial charge >= 0.3 is 0 Å². The standard InChI is InChI=1S/C9H13N3/c1-7(12-9(10)11)8-5-3-2-4-6-8/h2-7H,1H3,(H4,10,11,12)/t7-/m0/s1. The molecule has 12 heavy (non-hydrogen) atoms. The van der Waals surface area contributed by atoms with Crippen molar-refractivity contribution in [2.45, 2.75) is 13.0 Å². The SMILES string of the molecule is C[C@H](NC(=N)N)c1ccccc1. The predicted octanol–water partition coefficient (Wildman–Crippen LogP) is 1.23. The van der Waals surface area contributed by atoms with E-state index < -0.39 is 0 Å². The Balaban J connectivity index is 2.65. The Hall–Kier alpha value is -1.51. The van der Waals surface area contributed by atoms with E-state index in [9.17, 15) is 0 Å². The number of hydrogen-bond acceptors (Lipinski definition) is 1. The Morgan fingerprint density at radius 3 is 2.50 bits per heavy atom. The molecule has 0 heterocycles. The van der Waals surface area contributed by atoms with Crippen LogP contribution in [-0.2, 0) is 0 Å². The molecular weight excluding hydrogens is 150 g/mol. The highest BCUT2D eigenvalue weighted by atomic mass is 15.1. The molecule has 4 N–H and O–H groups in total. The minimum atomic E-state index is 0.00588. The van der Waals surface area contributed by atoms with E-state index >= 15 is 0 Å². The summed E-state index contributed by atoms with van der Waals surface area (Å²) in [5.41, 5.74) is 6.34. The molecule has 1 aromatic rings. The van der Waals surface area contributed by atoms with Crippen LogP contribution in [-0.4, -0.2) is 5.96 Å². The van der Waals surface area contributed by atoms with Crippen molar-refractivity contribution < 1.29 is 0 Å². The number of nitrogens with two attached hydrogens (primary N) is 1. The molecule has 3 nitrogen and oxygen atoms in total. The van der Waals surface area contributed by atoms with E-state index in [1.54, 1.807) is 0 Å². The molecule has 0 spiro atoms. The largest absolute Gasteiger partial charge is 0.370 e. The van der Waals surface area contributed by atoms with Crippen LogP contribution in [0.5, 0.6) is 0 Å². The lowest BCUT2D eigenvalue weighted by Gasteiger charge is -2.13. The molecule has 0 bridgehead atoms. The molecule has 1 atom stereocenters. The summed E-state index contributed by atoms with van der Waals surface area (Å²) in [6.07, 6.45) is 0. The van der Waals surface area contributed by atoms with Crippen molar-refractivity contribution in [3.05, 3.63) is 35.9 Å². The summed E-state index contributed by atoms with van der Waals surface area (Å²) in [5, 5.41) is 9.86. The lowest BCUT2D eigenvalue weighted by atomic mass is 10.1. The number of nitrogens with one attached hydrogen (secondary N) is 2. The van der Waals surface area contributed by atoms with E-state index in [0.29, 0.717) is 0 Å². The summed E-state index contributed by atoms with van der Waals surface area (Å²) in [5.74, 6) is 0.00588. The quantitative estimate of drug-likeness (QED) is 0.453. The fraction of sp³-hybridized carbons (Fsp3) is 0.222. The first-order valence-corrected chi connectivity index (χ1v) is 3.85. The van der Waals surface area contributed by atoms with Crippen LogP contribution in [0.1, 0.15) is 18.5 Å². The van der Waals surface area contributed by atoms with Crippen LogP contribution < -0.4 is 11.1 Å². The first-order valence-electron chi connectivity index (χ1n) is 3.85. The highest BCUT2D eigenvalue weighted by molar-refractivity contribution is 5.74. The second-order valence-electron chi connectivity index (χ2n) is 2.69. The molecule has 1 rings (SSSR count). The maximum atomic E-state index is 7.04. The Bertz CT molecular complexity index is 256. The molecule has 0 saturated heterocycles. The second kappa shape index (κ2) is 3.76. The van der Waals surface area contributed by atoms with Gasteiger partial charge in [0, 0.05) is 0 Å². The van der Waals surface area contributed by atoms with Gasteiger partial charge in [-0.2, -0.15) is 0 Å². The van der Waals surface area contributed by atoms with E-state index in [2.05, 4.69) is 5.32 Å². The molecule has 0 aliphatic carbocycles. The van der Waals surface area contributed by atoms with Crippen LogP contribution in [0.3, 0.4) is 0 Å². The Morgan fingerprint density at radius 2 is 2.00 bits per heavy atom. The first-order chi connectivity index (χ1) is 5.70. The minimum absolute atomic E-state index is 0.00588. The molecule has 0 amide bonds. The summed E-state index contributed by atoms with van der Waals surface area (Å²) in [6, 6.07) is 10.00. The average molecular weight is 163 g/mol. The Kier molecular flexibility index (Phi) is 2.69. The molecule has 64 valence electrons. The zero-order valence-electron chi connectivity index (χ0n) is 7.04. The van der Waals surface area contributed by atoms with E-state index in [1.807, 2.05) is 37.3 Å². The predicted molar refractivity (Wildman–Crippen MR) is 49.9 cm³/mol. The van der Waals surface area contributed by atoms with Gasteiger partial charge in [-0.15, -0.1) is 0 Å². The normalized spacial score (nSPS) is 12.1. The van der Waals surface area contributed by atoms with Gasteiger partial charge in [0.1, 0.15) is 0 Å². The third-order valence-electron chi connectivity index (χ3n) is 1.67. The molecule has 1 aromatic carbocycles. The van der Waals surface area contributed by atoms with Crippen molar-refractivity contribution in [3.63, 3.8) is 0 Å². The van der Waals surface area contributed by atoms with Crippen LogP contribution in [0.2, 0.25) is 0 Å². The second-order valence-corrected chi connectivity index (χ2v) is 2.69. The molecular formula is C9H13N3. The topological polar surface area (TPSA) is 61.9 Å². The third-order valence-corrected chi connectivity index (χ3v) is 1.67. The van der Waals surface area contributed by atoms with E-state index in [-0.39, 0.29) is 12.0 Å². The van der Waals surface area contributed by atoms with Crippen LogP contribution in [0.25, 0.3) is 0 Å². The van der Waals surface area contributed by atoms with Crippen molar-refractivity contribution in [3.8, 4) is 0 Å². The van der Waals surface area contributed by atoms with Crippen LogP contribution >= 0.6 is 0 Å². The van der Waals surface area contributed by atoms with Crippen molar-refractivity contribution in [2.24, 2.45) is 5.73 Å². The highest BCUT2D eigenvalue weighted by Crippen LogP contribution is 2.09. The molecule has 0 saturated carbocycles. The summed E-state index contributed by atoms with van der Waals surface area (Å²) >= 11 is 0. The van der Waals surface area contributed by atoms with Gasteiger partial charge in [0.15, 0.2) is 5.96 Å². The maximum Gasteiger partial charge on any atom is 0.186 e. The highest BCUT2D eigenvalue weighted by Gasteiger charge is 2.02. The molecule has 0 radical (unpaired) electrons. The molecule has 3 heteroatoms. The van der Waals surface area contributed by atoms with E-state index in [4.69, 9.17) is 11.1 Å².